The topological polar surface area (TPSA) is 25.8 Å². The van der Waals surface area contributed by atoms with Crippen LogP contribution in [0.15, 0.2) is 12.3 Å². The molecule has 0 aliphatic heterocycles. The summed E-state index contributed by atoms with van der Waals surface area (Å²) in [5, 5.41) is 0.149. The Labute approximate surface area is 118 Å². The van der Waals surface area contributed by atoms with E-state index in [0.717, 1.165) is 6.20 Å². The molecule has 0 bridgehead atoms. The molecule has 0 aliphatic rings. The summed E-state index contributed by atoms with van der Waals surface area (Å²) >= 11 is 17.6. The van der Waals surface area contributed by atoms with Gasteiger partial charge in [0.15, 0.2) is 0 Å². The molecule has 0 spiro atoms. The minimum atomic E-state index is -4.43. The molecule has 9 heteroatoms. The van der Waals surface area contributed by atoms with Crippen molar-refractivity contribution in [2.45, 2.75) is 6.18 Å². The van der Waals surface area contributed by atoms with Crippen molar-refractivity contribution in [3.05, 3.63) is 32.3 Å². The average Bonchev–Trinajstić information content (AvgIpc) is 2.73. The van der Waals surface area contributed by atoms with E-state index in [4.69, 9.17) is 34.8 Å². The summed E-state index contributed by atoms with van der Waals surface area (Å²) in [4.78, 5) is 6.65. The van der Waals surface area contributed by atoms with Crippen molar-refractivity contribution in [2.75, 3.05) is 0 Å². The van der Waals surface area contributed by atoms with E-state index in [1.165, 1.54) is 6.07 Å². The second-order valence-electron chi connectivity index (χ2n) is 3.12. The molecule has 18 heavy (non-hydrogen) atoms. The van der Waals surface area contributed by atoms with E-state index in [0.29, 0.717) is 11.3 Å². The van der Waals surface area contributed by atoms with E-state index < -0.39 is 11.1 Å². The van der Waals surface area contributed by atoms with Gasteiger partial charge in [-0.3, -0.25) is 0 Å². The molecule has 0 amide bonds. The van der Waals surface area contributed by atoms with E-state index in [9.17, 15) is 13.2 Å². The van der Waals surface area contributed by atoms with Crippen LogP contribution in [0.4, 0.5) is 13.2 Å². The number of rotatable bonds is 1. The fourth-order valence-electron chi connectivity index (χ4n) is 1.10. The molecule has 0 N–H and O–H groups in total. The minimum absolute atomic E-state index is 0.0506. The van der Waals surface area contributed by atoms with E-state index in [1.54, 1.807) is 0 Å². The Morgan fingerprint density at radius 3 is 2.33 bits per heavy atom. The van der Waals surface area contributed by atoms with Crippen LogP contribution in [0.1, 0.15) is 4.88 Å². The maximum Gasteiger partial charge on any atom is 0.427 e. The number of pyridine rings is 1. The Morgan fingerprint density at radius 2 is 1.83 bits per heavy atom. The molecule has 2 nitrogen and oxygen atoms in total. The summed E-state index contributed by atoms with van der Waals surface area (Å²) in [6.45, 7) is 0. The first kappa shape index (κ1) is 13.9. The molecule has 2 aromatic heterocycles. The Hall–Kier alpha value is -0.560. The first-order chi connectivity index (χ1) is 8.29. The van der Waals surface area contributed by atoms with Crippen LogP contribution < -0.4 is 0 Å². The molecule has 96 valence electrons. The summed E-state index contributed by atoms with van der Waals surface area (Å²) in [6.07, 6.45) is -3.70. The highest BCUT2D eigenvalue weighted by Gasteiger charge is 2.33. The van der Waals surface area contributed by atoms with Crippen LogP contribution in [0.5, 0.6) is 0 Å². The standard InChI is InChI=1S/C9H2Cl3F3N2S/c10-3-1-4(17-7(12)6(3)11)8-16-2-5(18-8)9(13,14)15/h1-2H. The van der Waals surface area contributed by atoms with Gasteiger partial charge in [0, 0.05) is 0 Å². The number of aromatic nitrogens is 2. The smallest absolute Gasteiger partial charge is 0.242 e. The van der Waals surface area contributed by atoms with Crippen LogP contribution in [0, 0.1) is 0 Å². The second kappa shape index (κ2) is 4.85. The molecule has 2 rings (SSSR count). The molecule has 2 heterocycles. The molecule has 0 atom stereocenters. The predicted molar refractivity (Wildman–Crippen MR) is 65.4 cm³/mol. The van der Waals surface area contributed by atoms with Gasteiger partial charge >= 0.3 is 6.18 Å². The van der Waals surface area contributed by atoms with E-state index in [1.807, 2.05) is 0 Å². The molecule has 0 unspecified atom stereocenters. The van der Waals surface area contributed by atoms with Crippen molar-refractivity contribution in [1.29, 1.82) is 0 Å². The third kappa shape index (κ3) is 2.71. The van der Waals surface area contributed by atoms with Crippen LogP contribution in [-0.2, 0) is 6.18 Å². The molecular weight excluding hydrogens is 332 g/mol. The highest BCUT2D eigenvalue weighted by atomic mass is 35.5. The van der Waals surface area contributed by atoms with E-state index in [2.05, 4.69) is 9.97 Å². The zero-order valence-corrected chi connectivity index (χ0v) is 11.3. The highest BCUT2D eigenvalue weighted by molar-refractivity contribution is 7.15. The van der Waals surface area contributed by atoms with E-state index in [-0.39, 0.29) is 25.9 Å². The Balaban J connectivity index is 2.47. The van der Waals surface area contributed by atoms with Crippen molar-refractivity contribution >= 4 is 46.1 Å². The summed E-state index contributed by atoms with van der Waals surface area (Å²) in [5.74, 6) is 0. The third-order valence-corrected chi connectivity index (χ3v) is 4.09. The second-order valence-corrected chi connectivity index (χ2v) is 5.30. The maximum atomic E-state index is 12.4. The fourth-order valence-corrected chi connectivity index (χ4v) is 2.38. The number of alkyl halides is 3. The van der Waals surface area contributed by atoms with Crippen molar-refractivity contribution in [3.8, 4) is 10.7 Å². The molecule has 0 radical (unpaired) electrons. The van der Waals surface area contributed by atoms with Gasteiger partial charge in [-0.2, -0.15) is 13.2 Å². The van der Waals surface area contributed by atoms with Crippen LogP contribution in [-0.4, -0.2) is 9.97 Å². The SMILES string of the molecule is FC(F)(F)c1cnc(-c2cc(Cl)c(Cl)c(Cl)n2)s1. The zero-order chi connectivity index (χ0) is 13.5. The third-order valence-electron chi connectivity index (χ3n) is 1.88. The number of hydrogen-bond donors (Lipinski definition) is 0. The van der Waals surface area contributed by atoms with Crippen LogP contribution >= 0.6 is 46.1 Å². The number of halogens is 6. The molecule has 0 saturated carbocycles. The largest absolute Gasteiger partial charge is 0.427 e. The number of hydrogen-bond acceptors (Lipinski definition) is 3. The lowest BCUT2D eigenvalue weighted by Gasteiger charge is -2.02. The molecule has 0 aliphatic carbocycles. The summed E-state index contributed by atoms with van der Waals surface area (Å²) in [7, 11) is 0. The Kier molecular flexibility index (Phi) is 3.73. The van der Waals surface area contributed by atoms with Crippen LogP contribution in [0.25, 0.3) is 10.7 Å². The number of thiazole rings is 1. The lowest BCUT2D eigenvalue weighted by atomic mass is 10.3. The van der Waals surface area contributed by atoms with Gasteiger partial charge in [0.05, 0.1) is 16.2 Å². The quantitative estimate of drug-likeness (QED) is 0.672. The normalized spacial score (nSPS) is 11.9. The maximum absolute atomic E-state index is 12.4. The molecule has 0 fully saturated rings. The zero-order valence-electron chi connectivity index (χ0n) is 8.23. The lowest BCUT2D eigenvalue weighted by molar-refractivity contribution is -0.134. The number of nitrogens with zero attached hydrogens (tertiary/aromatic N) is 2. The fraction of sp³-hybridized carbons (Fsp3) is 0.111. The lowest BCUT2D eigenvalue weighted by Crippen LogP contribution is -2.00. The average molecular weight is 334 g/mol. The van der Waals surface area contributed by atoms with Crippen molar-refractivity contribution in [1.82, 2.24) is 9.97 Å². The Morgan fingerprint density at radius 1 is 1.17 bits per heavy atom. The summed E-state index contributed by atoms with van der Waals surface area (Å²) < 4.78 is 37.2. The van der Waals surface area contributed by atoms with Gasteiger partial charge in [-0.15, -0.1) is 11.3 Å². The van der Waals surface area contributed by atoms with Crippen LogP contribution in [0.2, 0.25) is 15.2 Å². The van der Waals surface area contributed by atoms with E-state index >= 15 is 0 Å². The Bertz CT molecular complexity index is 574. The van der Waals surface area contributed by atoms with Gasteiger partial charge in [-0.25, -0.2) is 9.97 Å². The van der Waals surface area contributed by atoms with Gasteiger partial charge < -0.3 is 0 Å². The van der Waals surface area contributed by atoms with Gasteiger partial charge in [-0.05, 0) is 6.07 Å². The minimum Gasteiger partial charge on any atom is -0.242 e. The first-order valence-electron chi connectivity index (χ1n) is 4.34. The van der Waals surface area contributed by atoms with Gasteiger partial charge in [0.2, 0.25) is 0 Å². The summed E-state index contributed by atoms with van der Waals surface area (Å²) in [6, 6.07) is 1.31. The van der Waals surface area contributed by atoms with Crippen molar-refractivity contribution in [2.24, 2.45) is 0 Å². The molecular formula is C9H2Cl3F3N2S. The predicted octanol–water partition coefficient (Wildman–Crippen LogP) is 5.18. The molecule has 2 aromatic rings. The van der Waals surface area contributed by atoms with Crippen molar-refractivity contribution < 1.29 is 13.2 Å². The van der Waals surface area contributed by atoms with Gasteiger partial charge in [0.1, 0.15) is 20.7 Å². The van der Waals surface area contributed by atoms with Gasteiger partial charge in [-0.1, -0.05) is 34.8 Å². The monoisotopic (exact) mass is 332 g/mol. The molecule has 0 saturated heterocycles. The van der Waals surface area contributed by atoms with Crippen molar-refractivity contribution in [3.63, 3.8) is 0 Å². The van der Waals surface area contributed by atoms with Crippen LogP contribution in [0.3, 0.4) is 0 Å². The van der Waals surface area contributed by atoms with Gasteiger partial charge in [0.25, 0.3) is 0 Å². The molecule has 0 aromatic carbocycles. The first-order valence-corrected chi connectivity index (χ1v) is 6.29. The highest BCUT2D eigenvalue weighted by Crippen LogP contribution is 2.38. The summed E-state index contributed by atoms with van der Waals surface area (Å²) in [5.41, 5.74) is 0.148.